The Bertz CT molecular complexity index is 53.7. The zero-order chi connectivity index (χ0) is 5.70. The maximum Gasteiger partial charge on any atom is 0.324 e. The minimum atomic E-state index is -0.290. The highest BCUT2D eigenvalue weighted by Crippen LogP contribution is 1.97. The second-order valence-electron chi connectivity index (χ2n) is 1.53. The maximum atomic E-state index is 9.75. The first kappa shape index (κ1) is 7.06. The normalized spacial score (nSPS) is 14.6. The molecule has 0 aromatic carbocycles. The molecule has 0 aliphatic carbocycles. The lowest BCUT2D eigenvalue weighted by molar-refractivity contribution is 0.191. The van der Waals surface area contributed by atoms with E-state index in [9.17, 15) is 4.57 Å². The molecule has 7 heavy (non-hydrogen) atoms. The van der Waals surface area contributed by atoms with Gasteiger partial charge < -0.3 is 5.11 Å². The molecule has 0 aliphatic heterocycles. The summed E-state index contributed by atoms with van der Waals surface area (Å²) in [6, 6.07) is 0. The van der Waals surface area contributed by atoms with Crippen molar-refractivity contribution in [1.29, 1.82) is 0 Å². The van der Waals surface area contributed by atoms with Crippen LogP contribution in [0.1, 0.15) is 13.3 Å². The molecule has 2 atom stereocenters. The molecule has 0 amide bonds. The molecule has 2 unspecified atom stereocenters. The second kappa shape index (κ2) is 4.23. The Hall–Kier alpha value is 0.0600. The summed E-state index contributed by atoms with van der Waals surface area (Å²) in [5.74, 6) is 0. The van der Waals surface area contributed by atoms with Crippen molar-refractivity contribution in [3.8, 4) is 0 Å². The fourth-order valence-electron chi connectivity index (χ4n) is 0.268. The zero-order valence-corrected chi connectivity index (χ0v) is 5.35. The van der Waals surface area contributed by atoms with Crippen LogP contribution >= 0.6 is 8.46 Å². The van der Waals surface area contributed by atoms with Crippen molar-refractivity contribution in [2.24, 2.45) is 0 Å². The van der Waals surface area contributed by atoms with E-state index in [0.717, 1.165) is 0 Å². The fourth-order valence-corrected chi connectivity index (χ4v) is 0.803. The zero-order valence-electron chi connectivity index (χ0n) is 4.35. The first-order chi connectivity index (χ1) is 3.27. The highest BCUT2D eigenvalue weighted by molar-refractivity contribution is 7.23. The topological polar surface area (TPSA) is 37.3 Å². The van der Waals surface area contributed by atoms with Crippen LogP contribution in [0.4, 0.5) is 0 Å². The van der Waals surface area contributed by atoms with E-state index in [1.807, 2.05) is 0 Å². The van der Waals surface area contributed by atoms with Crippen LogP contribution < -0.4 is 0 Å². The van der Waals surface area contributed by atoms with Crippen LogP contribution in [0, 0.1) is 0 Å². The fraction of sp³-hybridized carbons (Fsp3) is 1.00. The van der Waals surface area contributed by atoms with E-state index in [2.05, 4.69) is 0 Å². The van der Waals surface area contributed by atoms with E-state index in [-0.39, 0.29) is 14.6 Å². The van der Waals surface area contributed by atoms with Crippen molar-refractivity contribution in [1.82, 2.24) is 0 Å². The van der Waals surface area contributed by atoms with Crippen LogP contribution in [0.2, 0.25) is 0 Å². The van der Waals surface area contributed by atoms with Gasteiger partial charge in [0, 0.05) is 6.42 Å². The molecule has 0 saturated carbocycles. The Balaban J connectivity index is 2.81. The van der Waals surface area contributed by atoms with Gasteiger partial charge in [0.05, 0.1) is 6.10 Å². The van der Waals surface area contributed by atoms with E-state index in [1.165, 1.54) is 0 Å². The second-order valence-corrected chi connectivity index (χ2v) is 2.32. The number of aliphatic hydroxyl groups excluding tert-OH is 1. The van der Waals surface area contributed by atoms with E-state index in [1.54, 1.807) is 6.92 Å². The lowest BCUT2D eigenvalue weighted by Crippen LogP contribution is -1.98. The van der Waals surface area contributed by atoms with Gasteiger partial charge in [-0.25, -0.2) is 0 Å². The SMILES string of the molecule is CC(O)CC[PH+]=O. The van der Waals surface area contributed by atoms with Gasteiger partial charge in [-0.3, -0.25) is 0 Å². The Morgan fingerprint density at radius 2 is 2.43 bits per heavy atom. The van der Waals surface area contributed by atoms with Crippen LogP contribution in [-0.4, -0.2) is 17.4 Å². The third kappa shape index (κ3) is 6.06. The smallest absolute Gasteiger partial charge is 0.324 e. The average Bonchev–Trinajstić information content (AvgIpc) is 1.61. The molecular weight excluding hydrogens is 111 g/mol. The molecule has 0 aliphatic rings. The quantitative estimate of drug-likeness (QED) is 0.560. The van der Waals surface area contributed by atoms with Gasteiger partial charge in [-0.15, -0.1) is 0 Å². The van der Waals surface area contributed by atoms with Crippen LogP contribution in [0.5, 0.6) is 0 Å². The van der Waals surface area contributed by atoms with Gasteiger partial charge in [0.25, 0.3) is 0 Å². The van der Waals surface area contributed by atoms with Gasteiger partial charge in [0.15, 0.2) is 0 Å². The third-order valence-corrected chi connectivity index (χ3v) is 1.16. The van der Waals surface area contributed by atoms with Crippen molar-refractivity contribution >= 4 is 8.46 Å². The highest BCUT2D eigenvalue weighted by Gasteiger charge is 1.96. The Morgan fingerprint density at radius 3 is 2.57 bits per heavy atom. The molecule has 0 rings (SSSR count). The first-order valence-corrected chi connectivity index (χ1v) is 3.42. The Labute approximate surface area is 44.7 Å². The molecule has 1 N–H and O–H groups in total. The van der Waals surface area contributed by atoms with Crippen molar-refractivity contribution < 1.29 is 9.67 Å². The Morgan fingerprint density at radius 1 is 1.86 bits per heavy atom. The Kier molecular flexibility index (Phi) is 4.26. The van der Waals surface area contributed by atoms with E-state index in [0.29, 0.717) is 12.6 Å². The van der Waals surface area contributed by atoms with Crippen LogP contribution in [0.25, 0.3) is 0 Å². The minimum Gasteiger partial charge on any atom is -0.393 e. The molecule has 42 valence electrons. The van der Waals surface area contributed by atoms with Gasteiger partial charge in [-0.05, 0) is 6.92 Å². The van der Waals surface area contributed by atoms with Crippen LogP contribution in [0.3, 0.4) is 0 Å². The van der Waals surface area contributed by atoms with E-state index in [4.69, 9.17) is 5.11 Å². The summed E-state index contributed by atoms with van der Waals surface area (Å²) >= 11 is 0. The van der Waals surface area contributed by atoms with Crippen molar-refractivity contribution in [2.75, 3.05) is 6.16 Å². The molecule has 0 fully saturated rings. The molecule has 2 nitrogen and oxygen atoms in total. The monoisotopic (exact) mass is 121 g/mol. The average molecular weight is 121 g/mol. The number of hydrogen-bond acceptors (Lipinski definition) is 2. The van der Waals surface area contributed by atoms with Crippen LogP contribution in [0.15, 0.2) is 0 Å². The molecule has 3 heteroatoms. The van der Waals surface area contributed by atoms with Crippen molar-refractivity contribution in [3.05, 3.63) is 0 Å². The van der Waals surface area contributed by atoms with Gasteiger partial charge in [0.2, 0.25) is 0 Å². The van der Waals surface area contributed by atoms with Crippen molar-refractivity contribution in [3.63, 3.8) is 0 Å². The van der Waals surface area contributed by atoms with Gasteiger partial charge >= 0.3 is 8.46 Å². The summed E-state index contributed by atoms with van der Waals surface area (Å²) in [5, 5.41) is 8.55. The molecule has 0 heterocycles. The predicted molar refractivity (Wildman–Crippen MR) is 30.2 cm³/mol. The molecule has 0 aromatic heterocycles. The highest BCUT2D eigenvalue weighted by atomic mass is 31.1. The summed E-state index contributed by atoms with van der Waals surface area (Å²) in [4.78, 5) is 0. The molecule has 0 radical (unpaired) electrons. The minimum absolute atomic E-state index is 0.259. The largest absolute Gasteiger partial charge is 0.393 e. The third-order valence-electron chi connectivity index (χ3n) is 0.664. The number of aliphatic hydroxyl groups is 1. The molecular formula is C4H10O2P+. The number of rotatable bonds is 3. The van der Waals surface area contributed by atoms with Crippen molar-refractivity contribution in [2.45, 2.75) is 19.4 Å². The standard InChI is InChI=1S/C4H9O2P/c1-4(5)2-3-7-6/h4-5H,2-3H2,1H3/p+1. The van der Waals surface area contributed by atoms with E-state index < -0.39 is 0 Å². The number of hydrogen-bond donors (Lipinski definition) is 1. The van der Waals surface area contributed by atoms with Gasteiger partial charge in [-0.2, -0.15) is 0 Å². The lowest BCUT2D eigenvalue weighted by atomic mass is 10.3. The predicted octanol–water partition coefficient (Wildman–Crippen LogP) is 0.781. The van der Waals surface area contributed by atoms with Gasteiger partial charge in [-0.1, -0.05) is 4.57 Å². The summed E-state index contributed by atoms with van der Waals surface area (Å²) in [6.45, 7) is 1.69. The molecule has 0 saturated heterocycles. The molecule has 0 bridgehead atoms. The summed E-state index contributed by atoms with van der Waals surface area (Å²) in [7, 11) is -0.259. The summed E-state index contributed by atoms with van der Waals surface area (Å²) in [6.07, 6.45) is 0.987. The van der Waals surface area contributed by atoms with Gasteiger partial charge in [0.1, 0.15) is 6.16 Å². The first-order valence-electron chi connectivity index (χ1n) is 2.30. The van der Waals surface area contributed by atoms with Crippen LogP contribution in [-0.2, 0) is 4.57 Å². The lowest BCUT2D eigenvalue weighted by Gasteiger charge is -1.91. The molecule has 0 spiro atoms. The van der Waals surface area contributed by atoms with E-state index >= 15 is 0 Å². The molecule has 0 aromatic rings. The summed E-state index contributed by atoms with van der Waals surface area (Å²) in [5.41, 5.74) is 0. The summed E-state index contributed by atoms with van der Waals surface area (Å²) < 4.78 is 9.75. The maximum absolute atomic E-state index is 9.75.